The van der Waals surface area contributed by atoms with Gasteiger partial charge in [0.15, 0.2) is 5.82 Å². The molecule has 0 spiro atoms. The molecule has 0 unspecified atom stereocenters. The van der Waals surface area contributed by atoms with E-state index in [9.17, 15) is 4.39 Å². The van der Waals surface area contributed by atoms with Crippen LogP contribution in [0.3, 0.4) is 0 Å². The van der Waals surface area contributed by atoms with Crippen LogP contribution < -0.4 is 14.4 Å². The van der Waals surface area contributed by atoms with Crippen molar-refractivity contribution in [2.75, 3.05) is 38.4 Å². The number of rotatable bonds is 10. The number of aryl methyl sites for hydroxylation is 3. The van der Waals surface area contributed by atoms with Crippen molar-refractivity contribution in [1.29, 1.82) is 0 Å². The summed E-state index contributed by atoms with van der Waals surface area (Å²) in [6, 6.07) is 4.05. The molecule has 0 N–H and O–H groups in total. The van der Waals surface area contributed by atoms with Crippen LogP contribution in [-0.2, 0) is 0 Å². The highest BCUT2D eigenvalue weighted by Crippen LogP contribution is 2.37. The van der Waals surface area contributed by atoms with Gasteiger partial charge in [0.05, 0.1) is 18.4 Å². The van der Waals surface area contributed by atoms with Crippen molar-refractivity contribution in [2.24, 2.45) is 0 Å². The molecular formula is C22H32FN3O2. The number of nitrogens with zero attached hydrogens (tertiary/aromatic N) is 3. The van der Waals surface area contributed by atoms with Crippen LogP contribution in [-0.4, -0.2) is 43.4 Å². The van der Waals surface area contributed by atoms with E-state index in [4.69, 9.17) is 19.4 Å². The smallest absolute Gasteiger partial charge is 0.241 e. The van der Waals surface area contributed by atoms with Gasteiger partial charge in [0.1, 0.15) is 24.7 Å². The molecule has 1 aromatic carbocycles. The number of halogens is 1. The van der Waals surface area contributed by atoms with E-state index in [2.05, 4.69) is 24.8 Å². The zero-order valence-electron chi connectivity index (χ0n) is 17.9. The number of ether oxygens (including phenoxy) is 2. The third-order valence-electron chi connectivity index (χ3n) is 4.53. The van der Waals surface area contributed by atoms with Gasteiger partial charge in [0.25, 0.3) is 0 Å². The molecule has 2 aromatic rings. The summed E-state index contributed by atoms with van der Waals surface area (Å²) in [7, 11) is 1.64. The predicted octanol–water partition coefficient (Wildman–Crippen LogP) is 5.05. The minimum absolute atomic E-state index is 0.0288. The Morgan fingerprint density at radius 2 is 1.71 bits per heavy atom. The van der Waals surface area contributed by atoms with Crippen LogP contribution in [0.5, 0.6) is 11.6 Å². The molecule has 1 aromatic heterocycles. The van der Waals surface area contributed by atoms with Crippen LogP contribution in [0.25, 0.3) is 11.4 Å². The van der Waals surface area contributed by atoms with Crippen molar-refractivity contribution >= 4 is 5.69 Å². The Morgan fingerprint density at radius 3 is 2.29 bits per heavy atom. The Morgan fingerprint density at radius 1 is 1.04 bits per heavy atom. The number of aromatic nitrogens is 2. The first-order valence-corrected chi connectivity index (χ1v) is 9.94. The first-order chi connectivity index (χ1) is 13.5. The fraction of sp³-hybridized carbons (Fsp3) is 0.545. The van der Waals surface area contributed by atoms with Crippen LogP contribution in [0.1, 0.15) is 43.5 Å². The van der Waals surface area contributed by atoms with Crippen LogP contribution in [0.4, 0.5) is 10.1 Å². The number of hydrogen-bond donors (Lipinski definition) is 0. The lowest BCUT2D eigenvalue weighted by Crippen LogP contribution is -2.27. The van der Waals surface area contributed by atoms with E-state index < -0.39 is 6.67 Å². The molecule has 0 atom stereocenters. The van der Waals surface area contributed by atoms with Crippen LogP contribution in [0.15, 0.2) is 12.1 Å². The summed E-state index contributed by atoms with van der Waals surface area (Å²) >= 11 is 0. The van der Waals surface area contributed by atoms with Crippen molar-refractivity contribution < 1.29 is 13.9 Å². The number of methoxy groups -OCH3 is 1. The van der Waals surface area contributed by atoms with E-state index in [0.717, 1.165) is 59.8 Å². The highest BCUT2D eigenvalue weighted by Gasteiger charge is 2.22. The second-order valence-corrected chi connectivity index (χ2v) is 6.97. The maximum Gasteiger partial charge on any atom is 0.241 e. The van der Waals surface area contributed by atoms with Gasteiger partial charge in [-0.3, -0.25) is 0 Å². The third kappa shape index (κ3) is 4.91. The molecular weight excluding hydrogens is 357 g/mol. The van der Waals surface area contributed by atoms with Gasteiger partial charge in [-0.2, -0.15) is 4.98 Å². The molecule has 0 saturated carbocycles. The number of benzene rings is 1. The normalized spacial score (nSPS) is 10.8. The lowest BCUT2D eigenvalue weighted by molar-refractivity contribution is 0.264. The monoisotopic (exact) mass is 389 g/mol. The Labute approximate surface area is 167 Å². The van der Waals surface area contributed by atoms with Crippen LogP contribution in [0.2, 0.25) is 0 Å². The fourth-order valence-electron chi connectivity index (χ4n) is 3.50. The summed E-state index contributed by atoms with van der Waals surface area (Å²) in [5.41, 5.74) is 4.65. The van der Waals surface area contributed by atoms with E-state index >= 15 is 0 Å². The van der Waals surface area contributed by atoms with Crippen LogP contribution in [0, 0.1) is 20.8 Å². The lowest BCUT2D eigenvalue weighted by Gasteiger charge is -2.27. The average molecular weight is 390 g/mol. The van der Waals surface area contributed by atoms with Gasteiger partial charge < -0.3 is 14.4 Å². The molecule has 154 valence electrons. The molecule has 28 heavy (non-hydrogen) atoms. The van der Waals surface area contributed by atoms with Gasteiger partial charge in [-0.25, -0.2) is 9.37 Å². The molecule has 0 aliphatic heterocycles. The molecule has 2 rings (SSSR count). The van der Waals surface area contributed by atoms with Crippen LogP contribution >= 0.6 is 0 Å². The Hall–Kier alpha value is -2.37. The first-order valence-electron chi connectivity index (χ1n) is 9.94. The molecule has 0 bridgehead atoms. The summed E-state index contributed by atoms with van der Waals surface area (Å²) in [6.07, 6.45) is 1.99. The third-order valence-corrected chi connectivity index (χ3v) is 4.53. The zero-order valence-corrected chi connectivity index (χ0v) is 17.9. The molecule has 1 heterocycles. The summed E-state index contributed by atoms with van der Waals surface area (Å²) in [5.74, 6) is 1.70. The highest BCUT2D eigenvalue weighted by molar-refractivity contribution is 5.72. The van der Waals surface area contributed by atoms with E-state index in [1.54, 1.807) is 7.11 Å². The minimum Gasteiger partial charge on any atom is -0.496 e. The summed E-state index contributed by atoms with van der Waals surface area (Å²) < 4.78 is 24.2. The standard InChI is InChI=1S/C22H32FN3O2/c1-7-10-26(11-8-2)20-17(5)24-21(25-22(20)28-12-9-23)19-16(4)13-15(3)14-18(19)27-6/h13-14H,7-12H2,1-6H3. The topological polar surface area (TPSA) is 47.5 Å². The van der Waals surface area contributed by atoms with E-state index in [-0.39, 0.29) is 6.61 Å². The average Bonchev–Trinajstić information content (AvgIpc) is 2.65. The van der Waals surface area contributed by atoms with Gasteiger partial charge in [0, 0.05) is 13.1 Å². The number of alkyl halides is 1. The van der Waals surface area contributed by atoms with E-state index in [0.29, 0.717) is 11.7 Å². The predicted molar refractivity (Wildman–Crippen MR) is 112 cm³/mol. The second-order valence-electron chi connectivity index (χ2n) is 6.97. The maximum atomic E-state index is 12.9. The maximum absolute atomic E-state index is 12.9. The van der Waals surface area contributed by atoms with Crippen molar-refractivity contribution in [3.8, 4) is 23.0 Å². The molecule has 6 heteroatoms. The van der Waals surface area contributed by atoms with Gasteiger partial charge >= 0.3 is 0 Å². The molecule has 0 fully saturated rings. The van der Waals surface area contributed by atoms with Gasteiger partial charge in [-0.05, 0) is 50.8 Å². The van der Waals surface area contributed by atoms with Gasteiger partial charge in [-0.1, -0.05) is 19.9 Å². The van der Waals surface area contributed by atoms with Crippen molar-refractivity contribution in [3.63, 3.8) is 0 Å². The molecule has 5 nitrogen and oxygen atoms in total. The lowest BCUT2D eigenvalue weighted by atomic mass is 10.0. The Balaban J connectivity index is 2.65. The second kappa shape index (κ2) is 10.2. The zero-order chi connectivity index (χ0) is 20.7. The van der Waals surface area contributed by atoms with Crippen molar-refractivity contribution in [1.82, 2.24) is 9.97 Å². The summed E-state index contributed by atoms with van der Waals surface area (Å²) in [5, 5.41) is 0. The molecule has 0 aliphatic carbocycles. The molecule has 0 aliphatic rings. The molecule has 0 amide bonds. The van der Waals surface area contributed by atoms with E-state index in [1.807, 2.05) is 26.8 Å². The summed E-state index contributed by atoms with van der Waals surface area (Å²) in [4.78, 5) is 11.7. The van der Waals surface area contributed by atoms with E-state index in [1.165, 1.54) is 0 Å². The molecule has 0 saturated heterocycles. The first kappa shape index (κ1) is 21.9. The van der Waals surface area contributed by atoms with Gasteiger partial charge in [-0.15, -0.1) is 0 Å². The largest absolute Gasteiger partial charge is 0.496 e. The Kier molecular flexibility index (Phi) is 8.03. The Bertz CT molecular complexity index is 790. The highest BCUT2D eigenvalue weighted by atomic mass is 19.1. The minimum atomic E-state index is -0.563. The van der Waals surface area contributed by atoms with Crippen molar-refractivity contribution in [3.05, 3.63) is 29.0 Å². The quantitative estimate of drug-likeness (QED) is 0.569. The number of hydrogen-bond acceptors (Lipinski definition) is 5. The van der Waals surface area contributed by atoms with Gasteiger partial charge in [0.2, 0.25) is 5.88 Å². The SMILES string of the molecule is CCCN(CCC)c1c(C)nc(-c2c(C)cc(C)cc2OC)nc1OCCF. The summed E-state index contributed by atoms with van der Waals surface area (Å²) in [6.45, 7) is 11.4. The number of anilines is 1. The van der Waals surface area contributed by atoms with Crippen molar-refractivity contribution in [2.45, 2.75) is 47.5 Å². The molecule has 0 radical (unpaired) electrons. The fourth-order valence-corrected chi connectivity index (χ4v) is 3.50.